The molecule has 21 heavy (non-hydrogen) atoms. The monoisotopic (exact) mass is 319 g/mol. The standard InChI is InChI=1S/C15H17N3OS2/c1-19-5-4-18-10-13(8-17-18)16-9-14-7-12(11-21-14)15-3-2-6-20-15/h2-3,6-8,10-11,16H,4-5,9H2,1H3. The van der Waals surface area contributed by atoms with Crippen LogP contribution < -0.4 is 5.32 Å². The lowest BCUT2D eigenvalue weighted by Crippen LogP contribution is -2.04. The molecule has 1 N–H and O–H groups in total. The van der Waals surface area contributed by atoms with Crippen molar-refractivity contribution in [1.29, 1.82) is 0 Å². The Kier molecular flexibility index (Phi) is 4.69. The first-order valence-corrected chi connectivity index (χ1v) is 8.47. The Labute approximate surface area is 132 Å². The number of methoxy groups -OCH3 is 1. The molecule has 0 radical (unpaired) electrons. The minimum absolute atomic E-state index is 0.677. The Morgan fingerprint density at radius 1 is 1.38 bits per heavy atom. The molecule has 0 amide bonds. The van der Waals surface area contributed by atoms with E-state index >= 15 is 0 Å². The zero-order valence-electron chi connectivity index (χ0n) is 11.8. The normalized spacial score (nSPS) is 10.9. The fraction of sp³-hybridized carbons (Fsp3) is 0.267. The summed E-state index contributed by atoms with van der Waals surface area (Å²) in [7, 11) is 1.70. The minimum Gasteiger partial charge on any atom is -0.383 e. The topological polar surface area (TPSA) is 39.1 Å². The van der Waals surface area contributed by atoms with E-state index < -0.39 is 0 Å². The lowest BCUT2D eigenvalue weighted by molar-refractivity contribution is 0.183. The van der Waals surface area contributed by atoms with Crippen LogP contribution >= 0.6 is 22.7 Å². The van der Waals surface area contributed by atoms with Crippen LogP contribution in [0.5, 0.6) is 0 Å². The van der Waals surface area contributed by atoms with E-state index in [2.05, 4.69) is 39.4 Å². The number of aromatic nitrogens is 2. The van der Waals surface area contributed by atoms with E-state index in [1.165, 1.54) is 15.3 Å². The van der Waals surface area contributed by atoms with Gasteiger partial charge in [-0.25, -0.2) is 0 Å². The molecule has 3 aromatic rings. The quantitative estimate of drug-likeness (QED) is 0.717. The summed E-state index contributed by atoms with van der Waals surface area (Å²) in [5.74, 6) is 0. The molecular weight excluding hydrogens is 302 g/mol. The SMILES string of the molecule is COCCn1cc(NCc2cc(-c3cccs3)cs2)cn1. The van der Waals surface area contributed by atoms with Gasteiger partial charge in [0.2, 0.25) is 0 Å². The van der Waals surface area contributed by atoms with Gasteiger partial charge in [-0.05, 0) is 22.9 Å². The summed E-state index contributed by atoms with van der Waals surface area (Å²) < 4.78 is 6.93. The van der Waals surface area contributed by atoms with Gasteiger partial charge in [-0.2, -0.15) is 5.10 Å². The lowest BCUT2D eigenvalue weighted by Gasteiger charge is -2.01. The summed E-state index contributed by atoms with van der Waals surface area (Å²) in [5.41, 5.74) is 2.35. The summed E-state index contributed by atoms with van der Waals surface area (Å²) in [6.45, 7) is 2.28. The van der Waals surface area contributed by atoms with Crippen molar-refractivity contribution < 1.29 is 4.74 Å². The highest BCUT2D eigenvalue weighted by Crippen LogP contribution is 2.29. The van der Waals surface area contributed by atoms with Crippen LogP contribution in [-0.2, 0) is 17.8 Å². The van der Waals surface area contributed by atoms with Crippen LogP contribution in [-0.4, -0.2) is 23.5 Å². The largest absolute Gasteiger partial charge is 0.383 e. The second-order valence-corrected chi connectivity index (χ2v) is 6.56. The van der Waals surface area contributed by atoms with Gasteiger partial charge in [0.25, 0.3) is 0 Å². The number of nitrogens with one attached hydrogen (secondary N) is 1. The molecule has 6 heteroatoms. The number of anilines is 1. The molecule has 0 aliphatic carbocycles. The molecular formula is C15H17N3OS2. The highest BCUT2D eigenvalue weighted by Gasteiger charge is 2.04. The summed E-state index contributed by atoms with van der Waals surface area (Å²) in [5, 5.41) is 12.0. The molecule has 4 nitrogen and oxygen atoms in total. The number of ether oxygens (including phenoxy) is 1. The molecule has 0 saturated heterocycles. The predicted octanol–water partition coefficient (Wildman–Crippen LogP) is 3.93. The number of rotatable bonds is 7. The summed E-state index contributed by atoms with van der Waals surface area (Å²) in [6.07, 6.45) is 3.86. The van der Waals surface area contributed by atoms with Crippen LogP contribution in [0.3, 0.4) is 0 Å². The van der Waals surface area contributed by atoms with Crippen molar-refractivity contribution >= 4 is 28.4 Å². The van der Waals surface area contributed by atoms with Crippen LogP contribution in [0, 0.1) is 0 Å². The Hall–Kier alpha value is -1.63. The molecule has 0 aliphatic rings. The van der Waals surface area contributed by atoms with Gasteiger partial charge in [0.15, 0.2) is 0 Å². The summed E-state index contributed by atoms with van der Waals surface area (Å²) >= 11 is 3.56. The number of thiophene rings is 2. The van der Waals surface area contributed by atoms with Crippen LogP contribution in [0.25, 0.3) is 10.4 Å². The molecule has 0 atom stereocenters. The van der Waals surface area contributed by atoms with Gasteiger partial charge in [-0.15, -0.1) is 22.7 Å². The van der Waals surface area contributed by atoms with Crippen LogP contribution in [0.15, 0.2) is 41.4 Å². The molecule has 0 saturated carbocycles. The van der Waals surface area contributed by atoms with Crippen molar-refractivity contribution in [3.8, 4) is 10.4 Å². The molecule has 0 fully saturated rings. The highest BCUT2D eigenvalue weighted by atomic mass is 32.1. The average Bonchev–Trinajstić information content (AvgIpc) is 3.22. The second kappa shape index (κ2) is 6.89. The molecule has 0 bridgehead atoms. The van der Waals surface area contributed by atoms with E-state index in [-0.39, 0.29) is 0 Å². The van der Waals surface area contributed by atoms with Crippen LogP contribution in [0.4, 0.5) is 5.69 Å². The van der Waals surface area contributed by atoms with E-state index in [0.717, 1.165) is 18.8 Å². The minimum atomic E-state index is 0.677. The maximum Gasteiger partial charge on any atom is 0.0729 e. The van der Waals surface area contributed by atoms with Crippen molar-refractivity contribution in [1.82, 2.24) is 9.78 Å². The zero-order chi connectivity index (χ0) is 14.5. The smallest absolute Gasteiger partial charge is 0.0729 e. The molecule has 0 unspecified atom stereocenters. The number of nitrogens with zero attached hydrogens (tertiary/aromatic N) is 2. The Balaban J connectivity index is 1.56. The van der Waals surface area contributed by atoms with Gasteiger partial charge in [0.05, 0.1) is 25.0 Å². The Bertz CT molecular complexity index is 673. The van der Waals surface area contributed by atoms with Gasteiger partial charge in [0.1, 0.15) is 0 Å². The molecule has 3 aromatic heterocycles. The fourth-order valence-corrected chi connectivity index (χ4v) is 3.61. The molecule has 3 rings (SSSR count). The van der Waals surface area contributed by atoms with E-state index in [0.29, 0.717) is 6.61 Å². The van der Waals surface area contributed by atoms with Gasteiger partial charge < -0.3 is 10.1 Å². The first-order chi connectivity index (χ1) is 10.3. The molecule has 0 aromatic carbocycles. The third-order valence-electron chi connectivity index (χ3n) is 3.08. The van der Waals surface area contributed by atoms with Crippen molar-refractivity contribution in [2.24, 2.45) is 0 Å². The van der Waals surface area contributed by atoms with Gasteiger partial charge >= 0.3 is 0 Å². The van der Waals surface area contributed by atoms with Gasteiger partial charge in [0, 0.05) is 35.2 Å². The lowest BCUT2D eigenvalue weighted by atomic mass is 10.2. The third kappa shape index (κ3) is 3.72. The number of hydrogen-bond acceptors (Lipinski definition) is 5. The number of hydrogen-bond donors (Lipinski definition) is 1. The Morgan fingerprint density at radius 2 is 2.33 bits per heavy atom. The summed E-state index contributed by atoms with van der Waals surface area (Å²) in [6, 6.07) is 6.49. The van der Waals surface area contributed by atoms with E-state index in [4.69, 9.17) is 4.74 Å². The fourth-order valence-electron chi connectivity index (χ4n) is 2.00. The zero-order valence-corrected chi connectivity index (χ0v) is 13.4. The average molecular weight is 319 g/mol. The van der Waals surface area contributed by atoms with Crippen molar-refractivity contribution in [3.63, 3.8) is 0 Å². The summed E-state index contributed by atoms with van der Waals surface area (Å²) in [4.78, 5) is 2.65. The Morgan fingerprint density at radius 3 is 3.14 bits per heavy atom. The van der Waals surface area contributed by atoms with Crippen molar-refractivity contribution in [2.75, 3.05) is 19.0 Å². The van der Waals surface area contributed by atoms with Crippen LogP contribution in [0.2, 0.25) is 0 Å². The van der Waals surface area contributed by atoms with E-state index in [9.17, 15) is 0 Å². The second-order valence-electron chi connectivity index (χ2n) is 4.62. The maximum atomic E-state index is 5.04. The molecule has 3 heterocycles. The van der Waals surface area contributed by atoms with E-state index in [1.807, 2.05) is 17.1 Å². The molecule has 0 aliphatic heterocycles. The first-order valence-electron chi connectivity index (χ1n) is 6.72. The van der Waals surface area contributed by atoms with Crippen LogP contribution in [0.1, 0.15) is 4.88 Å². The highest BCUT2D eigenvalue weighted by molar-refractivity contribution is 7.14. The van der Waals surface area contributed by atoms with E-state index in [1.54, 1.807) is 29.8 Å². The van der Waals surface area contributed by atoms with Crippen molar-refractivity contribution in [3.05, 3.63) is 46.2 Å². The maximum absolute atomic E-state index is 5.04. The molecule has 110 valence electrons. The third-order valence-corrected chi connectivity index (χ3v) is 4.94. The van der Waals surface area contributed by atoms with Gasteiger partial charge in [-0.1, -0.05) is 6.07 Å². The first kappa shape index (κ1) is 14.3. The van der Waals surface area contributed by atoms with Crippen molar-refractivity contribution in [2.45, 2.75) is 13.1 Å². The van der Waals surface area contributed by atoms with Gasteiger partial charge in [-0.3, -0.25) is 4.68 Å². The predicted molar refractivity (Wildman–Crippen MR) is 89.1 cm³/mol. The molecule has 0 spiro atoms.